The lowest BCUT2D eigenvalue weighted by Gasteiger charge is -2.34. The van der Waals surface area contributed by atoms with Gasteiger partial charge in [-0.1, -0.05) is 13.8 Å². The van der Waals surface area contributed by atoms with E-state index in [2.05, 4.69) is 28.5 Å². The molecule has 0 saturated carbocycles. The van der Waals surface area contributed by atoms with Crippen molar-refractivity contribution < 1.29 is 9.92 Å². The molecule has 1 aliphatic rings. The van der Waals surface area contributed by atoms with E-state index in [1.165, 1.54) is 19.4 Å². The summed E-state index contributed by atoms with van der Waals surface area (Å²) in [5, 5.41) is 9.30. The molecule has 18 heavy (non-hydrogen) atoms. The Morgan fingerprint density at radius 2 is 1.72 bits per heavy atom. The second-order valence-corrected chi connectivity index (χ2v) is 5.28. The van der Waals surface area contributed by atoms with Crippen molar-refractivity contribution in [2.24, 2.45) is 5.92 Å². The number of hydrogen-bond donors (Lipinski definition) is 0. The molecule has 0 bridgehead atoms. The Bertz CT molecular complexity index is 241. The average molecular weight is 259 g/mol. The van der Waals surface area contributed by atoms with Crippen molar-refractivity contribution in [2.45, 2.75) is 26.7 Å². The van der Waals surface area contributed by atoms with Crippen LogP contribution in [-0.4, -0.2) is 60.8 Å². The van der Waals surface area contributed by atoms with Crippen LogP contribution in [0.2, 0.25) is 0 Å². The number of nitrogens with zero attached hydrogens (tertiary/aromatic N) is 3. The first-order valence-corrected chi connectivity index (χ1v) is 6.80. The number of piperazine rings is 1. The highest BCUT2D eigenvalue weighted by Gasteiger charge is 2.16. The van der Waals surface area contributed by atoms with Crippen LogP contribution in [0.15, 0.2) is 0 Å². The molecule has 1 heterocycles. The van der Waals surface area contributed by atoms with E-state index in [0.29, 0.717) is 6.54 Å². The molecular weight excluding hydrogens is 234 g/mol. The van der Waals surface area contributed by atoms with E-state index >= 15 is 0 Å². The molecule has 1 aliphatic heterocycles. The van der Waals surface area contributed by atoms with Crippen molar-refractivity contribution in [3.63, 3.8) is 0 Å². The molecule has 1 fully saturated rings. The van der Waals surface area contributed by atoms with Gasteiger partial charge in [-0.25, -0.2) is 0 Å². The van der Waals surface area contributed by atoms with Crippen molar-refractivity contribution in [3.8, 4) is 0 Å². The van der Waals surface area contributed by atoms with Gasteiger partial charge in [0.1, 0.15) is 6.61 Å². The molecule has 0 unspecified atom stereocenters. The summed E-state index contributed by atoms with van der Waals surface area (Å²) < 4.78 is 0. The Labute approximate surface area is 109 Å². The molecule has 1 saturated heterocycles. The normalized spacial score (nSPS) is 18.2. The predicted molar refractivity (Wildman–Crippen MR) is 69.9 cm³/mol. The molecule has 0 spiro atoms. The molecule has 6 nitrogen and oxygen atoms in total. The standard InChI is InChI=1S/C12H25N3O3/c1-12(2)4-3-5-13-6-8-14(9-7-13)10-11-18-15(16)17/h12H,3-11H2,1-2H3. The third-order valence-electron chi connectivity index (χ3n) is 3.32. The van der Waals surface area contributed by atoms with Gasteiger partial charge in [0.05, 0.1) is 0 Å². The molecule has 6 heteroatoms. The van der Waals surface area contributed by atoms with E-state index in [1.54, 1.807) is 0 Å². The van der Waals surface area contributed by atoms with Gasteiger partial charge in [0.15, 0.2) is 0 Å². The summed E-state index contributed by atoms with van der Waals surface area (Å²) in [7, 11) is 0. The van der Waals surface area contributed by atoms with Crippen LogP contribution in [0.3, 0.4) is 0 Å². The summed E-state index contributed by atoms with van der Waals surface area (Å²) in [4.78, 5) is 19.1. The first kappa shape index (κ1) is 15.2. The van der Waals surface area contributed by atoms with Gasteiger partial charge in [-0.3, -0.25) is 4.90 Å². The number of rotatable bonds is 8. The topological polar surface area (TPSA) is 58.8 Å². The van der Waals surface area contributed by atoms with Gasteiger partial charge >= 0.3 is 0 Å². The molecular formula is C12H25N3O3. The van der Waals surface area contributed by atoms with Crippen LogP contribution in [0.5, 0.6) is 0 Å². The van der Waals surface area contributed by atoms with Gasteiger partial charge in [-0.2, -0.15) is 0 Å². The fourth-order valence-corrected chi connectivity index (χ4v) is 2.20. The fourth-order valence-electron chi connectivity index (χ4n) is 2.20. The molecule has 0 aromatic rings. The largest absolute Gasteiger partial charge is 0.313 e. The second kappa shape index (κ2) is 8.26. The molecule has 106 valence electrons. The van der Waals surface area contributed by atoms with E-state index < -0.39 is 5.09 Å². The van der Waals surface area contributed by atoms with E-state index in [1.807, 2.05) is 0 Å². The SMILES string of the molecule is CC(C)CCCN1CCN(CCO[N+](=O)[O-])CC1. The lowest BCUT2D eigenvalue weighted by atomic mass is 10.1. The minimum absolute atomic E-state index is 0.181. The molecule has 0 atom stereocenters. The zero-order valence-electron chi connectivity index (χ0n) is 11.5. The highest BCUT2D eigenvalue weighted by atomic mass is 16.9. The van der Waals surface area contributed by atoms with Gasteiger partial charge in [0, 0.05) is 32.7 Å². The van der Waals surface area contributed by atoms with Crippen LogP contribution < -0.4 is 0 Å². The zero-order valence-corrected chi connectivity index (χ0v) is 11.5. The minimum atomic E-state index is -0.720. The quantitative estimate of drug-likeness (QED) is 0.485. The summed E-state index contributed by atoms with van der Waals surface area (Å²) in [5.74, 6) is 0.783. The van der Waals surface area contributed by atoms with Crippen LogP contribution in [0.25, 0.3) is 0 Å². The smallest absolute Gasteiger partial charge is 0.294 e. The Morgan fingerprint density at radius 3 is 2.22 bits per heavy atom. The monoisotopic (exact) mass is 259 g/mol. The molecule has 0 radical (unpaired) electrons. The molecule has 0 amide bonds. The van der Waals surface area contributed by atoms with E-state index in [0.717, 1.165) is 32.1 Å². The minimum Gasteiger partial charge on any atom is -0.313 e. The maximum atomic E-state index is 10.0. The van der Waals surface area contributed by atoms with E-state index in [-0.39, 0.29) is 6.61 Å². The Morgan fingerprint density at radius 1 is 1.17 bits per heavy atom. The predicted octanol–water partition coefficient (Wildman–Crippen LogP) is 1.25. The summed E-state index contributed by atoms with van der Waals surface area (Å²) in [6.45, 7) is 10.6. The summed E-state index contributed by atoms with van der Waals surface area (Å²) in [5.41, 5.74) is 0. The summed E-state index contributed by atoms with van der Waals surface area (Å²) >= 11 is 0. The molecule has 0 aromatic heterocycles. The van der Waals surface area contributed by atoms with Crippen LogP contribution in [-0.2, 0) is 4.84 Å². The second-order valence-electron chi connectivity index (χ2n) is 5.28. The van der Waals surface area contributed by atoms with Crippen molar-refractivity contribution in [2.75, 3.05) is 45.9 Å². The van der Waals surface area contributed by atoms with Crippen molar-refractivity contribution >= 4 is 0 Å². The summed E-state index contributed by atoms with van der Waals surface area (Å²) in [6, 6.07) is 0. The first-order chi connectivity index (χ1) is 8.58. The lowest BCUT2D eigenvalue weighted by Crippen LogP contribution is -2.47. The Hall–Kier alpha value is -0.880. The zero-order chi connectivity index (χ0) is 13.4. The van der Waals surface area contributed by atoms with Gasteiger partial charge in [0.25, 0.3) is 5.09 Å². The maximum absolute atomic E-state index is 10.0. The molecule has 0 aromatic carbocycles. The van der Waals surface area contributed by atoms with Crippen LogP contribution in [0.4, 0.5) is 0 Å². The third-order valence-corrected chi connectivity index (χ3v) is 3.32. The highest BCUT2D eigenvalue weighted by Crippen LogP contribution is 2.07. The molecule has 1 rings (SSSR count). The van der Waals surface area contributed by atoms with Gasteiger partial charge < -0.3 is 9.74 Å². The van der Waals surface area contributed by atoms with Crippen LogP contribution in [0.1, 0.15) is 26.7 Å². The molecule has 0 aliphatic carbocycles. The van der Waals surface area contributed by atoms with Gasteiger partial charge in [0.2, 0.25) is 0 Å². The lowest BCUT2D eigenvalue weighted by molar-refractivity contribution is -0.757. The van der Waals surface area contributed by atoms with Crippen LogP contribution in [0, 0.1) is 16.0 Å². The Kier molecular flexibility index (Phi) is 6.97. The molecule has 0 N–H and O–H groups in total. The average Bonchev–Trinajstić information content (AvgIpc) is 2.30. The van der Waals surface area contributed by atoms with Crippen molar-refractivity contribution in [1.82, 2.24) is 9.80 Å². The van der Waals surface area contributed by atoms with E-state index in [9.17, 15) is 10.1 Å². The van der Waals surface area contributed by atoms with Gasteiger partial charge in [-0.15, -0.1) is 10.1 Å². The number of hydrogen-bond acceptors (Lipinski definition) is 5. The third kappa shape index (κ3) is 6.76. The Balaban J connectivity index is 2.03. The van der Waals surface area contributed by atoms with Gasteiger partial charge in [-0.05, 0) is 25.3 Å². The first-order valence-electron chi connectivity index (χ1n) is 6.80. The fraction of sp³-hybridized carbons (Fsp3) is 1.00. The highest BCUT2D eigenvalue weighted by molar-refractivity contribution is 4.71. The van der Waals surface area contributed by atoms with Crippen molar-refractivity contribution in [3.05, 3.63) is 10.1 Å². The summed E-state index contributed by atoms with van der Waals surface area (Å²) in [6.07, 6.45) is 2.55. The van der Waals surface area contributed by atoms with E-state index in [4.69, 9.17) is 0 Å². The van der Waals surface area contributed by atoms with Crippen molar-refractivity contribution in [1.29, 1.82) is 0 Å². The maximum Gasteiger partial charge on any atom is 0.294 e. The van der Waals surface area contributed by atoms with Crippen LogP contribution >= 0.6 is 0 Å².